The molecule has 0 aromatic carbocycles. The summed E-state index contributed by atoms with van der Waals surface area (Å²) in [5.74, 6) is 0. The molecule has 12 heavy (non-hydrogen) atoms. The summed E-state index contributed by atoms with van der Waals surface area (Å²) >= 11 is 0. The summed E-state index contributed by atoms with van der Waals surface area (Å²) in [6, 6.07) is 0.503. The van der Waals surface area contributed by atoms with Crippen LogP contribution < -0.4 is 10.6 Å². The monoisotopic (exact) mass is 174 g/mol. The van der Waals surface area contributed by atoms with Crippen molar-refractivity contribution in [2.24, 2.45) is 0 Å². The van der Waals surface area contributed by atoms with Crippen molar-refractivity contribution in [2.75, 3.05) is 20.2 Å². The normalized spacial score (nSPS) is 10.0. The lowest BCUT2D eigenvalue weighted by Crippen LogP contribution is -2.29. The van der Waals surface area contributed by atoms with E-state index < -0.39 is 0 Å². The lowest BCUT2D eigenvalue weighted by atomic mass is 10.3. The van der Waals surface area contributed by atoms with Gasteiger partial charge in [0.1, 0.15) is 0 Å². The third-order valence-corrected chi connectivity index (χ3v) is 1.36. The van der Waals surface area contributed by atoms with Crippen LogP contribution in [0.25, 0.3) is 0 Å². The van der Waals surface area contributed by atoms with Crippen molar-refractivity contribution in [3.8, 4) is 0 Å². The van der Waals surface area contributed by atoms with Crippen LogP contribution in [0.15, 0.2) is 0 Å². The number of methoxy groups -OCH3 is 1. The van der Waals surface area contributed by atoms with Gasteiger partial charge in [0.05, 0.1) is 7.11 Å². The Balaban J connectivity index is 3.05. The maximum Gasteiger partial charge on any atom is 0.406 e. The molecule has 0 aliphatic rings. The number of nitrogens with one attached hydrogen (secondary N) is 2. The quantitative estimate of drug-likeness (QED) is 0.604. The summed E-state index contributed by atoms with van der Waals surface area (Å²) in [5.41, 5.74) is 0. The van der Waals surface area contributed by atoms with Gasteiger partial charge in [-0.3, -0.25) is 0 Å². The summed E-state index contributed by atoms with van der Waals surface area (Å²) in [5, 5.41) is 5.85. The second-order valence-corrected chi connectivity index (χ2v) is 2.88. The van der Waals surface area contributed by atoms with Crippen molar-refractivity contribution in [1.82, 2.24) is 10.6 Å². The maximum absolute atomic E-state index is 10.6. The summed E-state index contributed by atoms with van der Waals surface area (Å²) in [7, 11) is 1.36. The highest BCUT2D eigenvalue weighted by molar-refractivity contribution is 5.66. The zero-order valence-corrected chi connectivity index (χ0v) is 8.02. The standard InChI is InChI=1S/C8H18N2O2/c1-7(2)9-5-4-6-10-8(11)12-3/h7,9H,4-6H2,1-3H3,(H,10,11). The molecule has 0 atom stereocenters. The van der Waals surface area contributed by atoms with Crippen LogP contribution in [0, 0.1) is 0 Å². The Morgan fingerprint density at radius 1 is 1.42 bits per heavy atom. The highest BCUT2D eigenvalue weighted by Crippen LogP contribution is 1.79. The first-order valence-corrected chi connectivity index (χ1v) is 4.22. The van der Waals surface area contributed by atoms with Gasteiger partial charge in [0.15, 0.2) is 0 Å². The number of amides is 1. The second-order valence-electron chi connectivity index (χ2n) is 2.88. The van der Waals surface area contributed by atoms with Gasteiger partial charge in [-0.05, 0) is 13.0 Å². The smallest absolute Gasteiger partial charge is 0.406 e. The molecular weight excluding hydrogens is 156 g/mol. The molecule has 4 nitrogen and oxygen atoms in total. The first kappa shape index (κ1) is 11.2. The van der Waals surface area contributed by atoms with Crippen molar-refractivity contribution in [1.29, 1.82) is 0 Å². The average Bonchev–Trinajstić information content (AvgIpc) is 2.03. The van der Waals surface area contributed by atoms with Gasteiger partial charge in [-0.25, -0.2) is 4.79 Å². The number of rotatable bonds is 5. The van der Waals surface area contributed by atoms with E-state index in [1.807, 2.05) is 0 Å². The van der Waals surface area contributed by atoms with Gasteiger partial charge in [0.2, 0.25) is 0 Å². The fourth-order valence-electron chi connectivity index (χ4n) is 0.742. The first-order valence-electron chi connectivity index (χ1n) is 4.22. The predicted molar refractivity (Wildman–Crippen MR) is 48.2 cm³/mol. The Labute approximate surface area is 73.7 Å². The molecule has 0 unspecified atom stereocenters. The minimum absolute atomic E-state index is 0.362. The molecule has 0 spiro atoms. The van der Waals surface area contributed by atoms with Crippen molar-refractivity contribution >= 4 is 6.09 Å². The van der Waals surface area contributed by atoms with Crippen LogP contribution in [-0.4, -0.2) is 32.3 Å². The lowest BCUT2D eigenvalue weighted by molar-refractivity contribution is 0.171. The van der Waals surface area contributed by atoms with E-state index >= 15 is 0 Å². The molecule has 0 bridgehead atoms. The van der Waals surface area contributed by atoms with E-state index in [0.29, 0.717) is 12.6 Å². The minimum atomic E-state index is -0.362. The van der Waals surface area contributed by atoms with Crippen LogP contribution in [0.3, 0.4) is 0 Å². The molecule has 0 fully saturated rings. The van der Waals surface area contributed by atoms with Crippen LogP contribution in [0.4, 0.5) is 4.79 Å². The van der Waals surface area contributed by atoms with E-state index in [9.17, 15) is 4.79 Å². The molecule has 0 aromatic rings. The fraction of sp³-hybridized carbons (Fsp3) is 0.875. The highest BCUT2D eigenvalue weighted by atomic mass is 16.5. The first-order chi connectivity index (χ1) is 5.66. The summed E-state index contributed by atoms with van der Waals surface area (Å²) in [4.78, 5) is 10.6. The van der Waals surface area contributed by atoms with Crippen molar-refractivity contribution < 1.29 is 9.53 Å². The van der Waals surface area contributed by atoms with Crippen LogP contribution >= 0.6 is 0 Å². The molecular formula is C8H18N2O2. The number of carbonyl (C=O) groups excluding carboxylic acids is 1. The summed E-state index contributed by atoms with van der Waals surface area (Å²) in [6.45, 7) is 5.76. The maximum atomic E-state index is 10.6. The van der Waals surface area contributed by atoms with Crippen LogP contribution in [0.1, 0.15) is 20.3 Å². The summed E-state index contributed by atoms with van der Waals surface area (Å²) < 4.78 is 4.41. The molecule has 4 heteroatoms. The van der Waals surface area contributed by atoms with Crippen LogP contribution in [0.2, 0.25) is 0 Å². The van der Waals surface area contributed by atoms with E-state index in [2.05, 4.69) is 29.2 Å². The molecule has 0 aliphatic carbocycles. The van der Waals surface area contributed by atoms with E-state index in [4.69, 9.17) is 0 Å². The zero-order chi connectivity index (χ0) is 9.40. The Morgan fingerprint density at radius 3 is 2.58 bits per heavy atom. The number of hydrogen-bond donors (Lipinski definition) is 2. The highest BCUT2D eigenvalue weighted by Gasteiger charge is 1.96. The zero-order valence-electron chi connectivity index (χ0n) is 8.02. The molecule has 72 valence electrons. The lowest BCUT2D eigenvalue weighted by Gasteiger charge is -2.07. The van der Waals surface area contributed by atoms with Gasteiger partial charge < -0.3 is 15.4 Å². The molecule has 0 aliphatic heterocycles. The van der Waals surface area contributed by atoms with Gasteiger partial charge >= 0.3 is 6.09 Å². The van der Waals surface area contributed by atoms with Crippen LogP contribution in [0.5, 0.6) is 0 Å². The van der Waals surface area contributed by atoms with E-state index in [1.165, 1.54) is 7.11 Å². The van der Waals surface area contributed by atoms with Crippen molar-refractivity contribution in [3.05, 3.63) is 0 Å². The molecule has 0 saturated heterocycles. The average molecular weight is 174 g/mol. The topological polar surface area (TPSA) is 50.4 Å². The number of hydrogen-bond acceptors (Lipinski definition) is 3. The summed E-state index contributed by atoms with van der Waals surface area (Å²) in [6.07, 6.45) is 0.562. The number of carbonyl (C=O) groups is 1. The van der Waals surface area contributed by atoms with E-state index in [1.54, 1.807) is 0 Å². The molecule has 0 rings (SSSR count). The van der Waals surface area contributed by atoms with Crippen LogP contribution in [-0.2, 0) is 4.74 Å². The van der Waals surface area contributed by atoms with Crippen molar-refractivity contribution in [2.45, 2.75) is 26.3 Å². The largest absolute Gasteiger partial charge is 0.453 e. The van der Waals surface area contributed by atoms with E-state index in [-0.39, 0.29) is 6.09 Å². The second kappa shape index (κ2) is 6.91. The third kappa shape index (κ3) is 7.34. The Hall–Kier alpha value is -0.770. The molecule has 0 saturated carbocycles. The van der Waals surface area contributed by atoms with Crippen molar-refractivity contribution in [3.63, 3.8) is 0 Å². The minimum Gasteiger partial charge on any atom is -0.453 e. The Bertz CT molecular complexity index is 126. The van der Waals surface area contributed by atoms with E-state index in [0.717, 1.165) is 13.0 Å². The molecule has 1 amide bonds. The van der Waals surface area contributed by atoms with Gasteiger partial charge in [-0.2, -0.15) is 0 Å². The SMILES string of the molecule is COC(=O)NCCCNC(C)C. The van der Waals surface area contributed by atoms with Gasteiger partial charge in [-0.1, -0.05) is 13.8 Å². The molecule has 0 aromatic heterocycles. The predicted octanol–water partition coefficient (Wildman–Crippen LogP) is 0.730. The van der Waals surface area contributed by atoms with Gasteiger partial charge in [0, 0.05) is 12.6 Å². The van der Waals surface area contributed by atoms with Gasteiger partial charge in [-0.15, -0.1) is 0 Å². The molecule has 0 heterocycles. The molecule has 0 radical (unpaired) electrons. The Kier molecular flexibility index (Phi) is 6.47. The fourth-order valence-corrected chi connectivity index (χ4v) is 0.742. The third-order valence-electron chi connectivity index (χ3n) is 1.36. The molecule has 2 N–H and O–H groups in total. The van der Waals surface area contributed by atoms with Gasteiger partial charge in [0.25, 0.3) is 0 Å². The number of alkyl carbamates (subject to hydrolysis) is 1. The Morgan fingerprint density at radius 2 is 2.08 bits per heavy atom. The number of ether oxygens (including phenoxy) is 1.